The Balaban J connectivity index is 2.81. The number of ether oxygens (including phenoxy) is 1. The molecule has 0 fully saturated rings. The minimum atomic E-state index is -0.613. The molecule has 0 aliphatic heterocycles. The van der Waals surface area contributed by atoms with Gasteiger partial charge < -0.3 is 20.8 Å². The molecule has 6 nitrogen and oxygen atoms in total. The number of hydrogen-bond acceptors (Lipinski definition) is 5. The standard InChI is InChI=1S/C13H20FN3O3/c1-17(7-11(18)8-20-2)6-9-3-4-10(14)5-12(9)13(15)16-19/h3-5,11,18-19H,6-8H2,1-2H3,(H2,15,16). The molecule has 1 atom stereocenters. The summed E-state index contributed by atoms with van der Waals surface area (Å²) in [5.41, 5.74) is 6.57. The zero-order valence-electron chi connectivity index (χ0n) is 11.6. The number of aliphatic hydroxyl groups is 1. The molecule has 0 spiro atoms. The van der Waals surface area contributed by atoms with Crippen LogP contribution in [0.3, 0.4) is 0 Å². The van der Waals surface area contributed by atoms with E-state index in [1.807, 2.05) is 4.90 Å². The van der Waals surface area contributed by atoms with E-state index in [0.717, 1.165) is 0 Å². The van der Waals surface area contributed by atoms with E-state index >= 15 is 0 Å². The zero-order valence-corrected chi connectivity index (χ0v) is 11.6. The van der Waals surface area contributed by atoms with E-state index in [4.69, 9.17) is 15.7 Å². The van der Waals surface area contributed by atoms with Crippen molar-refractivity contribution in [2.45, 2.75) is 12.6 Å². The number of likely N-dealkylation sites (N-methyl/N-ethyl adjacent to an activating group) is 1. The van der Waals surface area contributed by atoms with Crippen LogP contribution in [0.5, 0.6) is 0 Å². The molecule has 0 aromatic heterocycles. The van der Waals surface area contributed by atoms with Crippen molar-refractivity contribution in [3.8, 4) is 0 Å². The number of methoxy groups -OCH3 is 1. The van der Waals surface area contributed by atoms with Crippen molar-refractivity contribution in [3.05, 3.63) is 35.1 Å². The van der Waals surface area contributed by atoms with Gasteiger partial charge in [0.15, 0.2) is 5.84 Å². The number of aliphatic hydroxyl groups excluding tert-OH is 1. The van der Waals surface area contributed by atoms with E-state index < -0.39 is 11.9 Å². The fraction of sp³-hybridized carbons (Fsp3) is 0.462. The van der Waals surface area contributed by atoms with Crippen molar-refractivity contribution in [2.24, 2.45) is 10.9 Å². The molecular formula is C13H20FN3O3. The largest absolute Gasteiger partial charge is 0.409 e. The van der Waals surface area contributed by atoms with Gasteiger partial charge in [-0.3, -0.25) is 4.90 Å². The molecule has 0 heterocycles. The molecular weight excluding hydrogens is 265 g/mol. The lowest BCUT2D eigenvalue weighted by Gasteiger charge is -2.21. The zero-order chi connectivity index (χ0) is 15.1. The first-order valence-corrected chi connectivity index (χ1v) is 6.09. The second-order valence-corrected chi connectivity index (χ2v) is 4.59. The minimum absolute atomic E-state index is 0.148. The lowest BCUT2D eigenvalue weighted by atomic mass is 10.1. The number of nitrogens with zero attached hydrogens (tertiary/aromatic N) is 2. The molecule has 112 valence electrons. The topological polar surface area (TPSA) is 91.3 Å². The number of nitrogens with two attached hydrogens (primary N) is 1. The first-order chi connectivity index (χ1) is 9.47. The maximum Gasteiger partial charge on any atom is 0.170 e. The lowest BCUT2D eigenvalue weighted by Crippen LogP contribution is -2.32. The van der Waals surface area contributed by atoms with E-state index in [1.54, 1.807) is 13.1 Å². The van der Waals surface area contributed by atoms with Gasteiger partial charge in [-0.15, -0.1) is 0 Å². The molecule has 1 unspecified atom stereocenters. The summed E-state index contributed by atoms with van der Waals surface area (Å²) >= 11 is 0. The SMILES string of the molecule is COCC(O)CN(C)Cc1ccc(F)cc1C(N)=NO. The Hall–Kier alpha value is -1.70. The van der Waals surface area contributed by atoms with Crippen LogP contribution in [0.4, 0.5) is 4.39 Å². The molecule has 0 bridgehead atoms. The fourth-order valence-electron chi connectivity index (χ4n) is 1.94. The van der Waals surface area contributed by atoms with Crippen LogP contribution < -0.4 is 5.73 Å². The predicted octanol–water partition coefficient (Wildman–Crippen LogP) is 0.359. The number of benzene rings is 1. The van der Waals surface area contributed by atoms with Crippen molar-refractivity contribution in [2.75, 3.05) is 27.3 Å². The van der Waals surface area contributed by atoms with Gasteiger partial charge >= 0.3 is 0 Å². The molecule has 7 heteroatoms. The molecule has 0 aliphatic rings. The normalized spacial score (nSPS) is 13.8. The smallest absolute Gasteiger partial charge is 0.170 e. The third-order valence-corrected chi connectivity index (χ3v) is 2.78. The molecule has 0 saturated heterocycles. The summed E-state index contributed by atoms with van der Waals surface area (Å²) in [6.07, 6.45) is -0.613. The van der Waals surface area contributed by atoms with Crippen molar-refractivity contribution >= 4 is 5.84 Å². The van der Waals surface area contributed by atoms with Crippen molar-refractivity contribution in [3.63, 3.8) is 0 Å². The van der Waals surface area contributed by atoms with Gasteiger partial charge in [-0.05, 0) is 24.7 Å². The van der Waals surface area contributed by atoms with Gasteiger partial charge in [-0.25, -0.2) is 4.39 Å². The molecule has 0 radical (unpaired) electrons. The molecule has 0 aliphatic carbocycles. The minimum Gasteiger partial charge on any atom is -0.409 e. The van der Waals surface area contributed by atoms with Crippen molar-refractivity contribution < 1.29 is 19.4 Å². The maximum atomic E-state index is 13.2. The summed E-state index contributed by atoms with van der Waals surface area (Å²) in [4.78, 5) is 1.84. The first-order valence-electron chi connectivity index (χ1n) is 6.09. The van der Waals surface area contributed by atoms with Crippen LogP contribution in [0.25, 0.3) is 0 Å². The molecule has 1 rings (SSSR count). The average Bonchev–Trinajstić information content (AvgIpc) is 2.40. The summed E-state index contributed by atoms with van der Waals surface area (Å²) in [5, 5.41) is 21.3. The number of rotatable bonds is 7. The Bertz CT molecular complexity index is 468. The summed E-state index contributed by atoms with van der Waals surface area (Å²) in [7, 11) is 3.32. The molecule has 1 aromatic rings. The third kappa shape index (κ3) is 4.76. The van der Waals surface area contributed by atoms with E-state index in [2.05, 4.69) is 5.16 Å². The van der Waals surface area contributed by atoms with Gasteiger partial charge in [0.25, 0.3) is 0 Å². The average molecular weight is 285 g/mol. The van der Waals surface area contributed by atoms with Crippen LogP contribution in [0, 0.1) is 5.82 Å². The quantitative estimate of drug-likeness (QED) is 0.291. The molecule has 0 amide bonds. The highest BCUT2D eigenvalue weighted by atomic mass is 19.1. The van der Waals surface area contributed by atoms with Gasteiger partial charge in [0.2, 0.25) is 0 Å². The van der Waals surface area contributed by atoms with Gasteiger partial charge in [0.1, 0.15) is 5.82 Å². The van der Waals surface area contributed by atoms with Crippen LogP contribution in [-0.4, -0.2) is 54.5 Å². The number of halogens is 1. The van der Waals surface area contributed by atoms with Crippen molar-refractivity contribution in [1.82, 2.24) is 4.90 Å². The monoisotopic (exact) mass is 285 g/mol. The molecule has 4 N–H and O–H groups in total. The van der Waals surface area contributed by atoms with Crippen LogP contribution in [0.1, 0.15) is 11.1 Å². The number of hydrogen-bond donors (Lipinski definition) is 3. The van der Waals surface area contributed by atoms with Crippen LogP contribution in [0.15, 0.2) is 23.4 Å². The van der Waals surface area contributed by atoms with Gasteiger partial charge in [0, 0.05) is 25.8 Å². The van der Waals surface area contributed by atoms with Gasteiger partial charge in [-0.2, -0.15) is 0 Å². The summed E-state index contributed by atoms with van der Waals surface area (Å²) in [5.74, 6) is -0.609. The Morgan fingerprint density at radius 1 is 1.55 bits per heavy atom. The fourth-order valence-corrected chi connectivity index (χ4v) is 1.94. The highest BCUT2D eigenvalue weighted by Crippen LogP contribution is 2.13. The highest BCUT2D eigenvalue weighted by Gasteiger charge is 2.13. The van der Waals surface area contributed by atoms with E-state index in [1.165, 1.54) is 19.2 Å². The first kappa shape index (κ1) is 16.4. The van der Waals surface area contributed by atoms with E-state index in [-0.39, 0.29) is 12.4 Å². The van der Waals surface area contributed by atoms with Crippen LogP contribution >= 0.6 is 0 Å². The number of amidine groups is 1. The Kier molecular flexibility index (Phi) is 6.37. The lowest BCUT2D eigenvalue weighted by molar-refractivity contribution is 0.0418. The van der Waals surface area contributed by atoms with Crippen LogP contribution in [-0.2, 0) is 11.3 Å². The molecule has 20 heavy (non-hydrogen) atoms. The molecule has 1 aromatic carbocycles. The van der Waals surface area contributed by atoms with Crippen molar-refractivity contribution in [1.29, 1.82) is 0 Å². The van der Waals surface area contributed by atoms with E-state index in [0.29, 0.717) is 24.2 Å². The second kappa shape index (κ2) is 7.78. The Morgan fingerprint density at radius 2 is 2.25 bits per heavy atom. The predicted molar refractivity (Wildman–Crippen MR) is 73.1 cm³/mol. The summed E-state index contributed by atoms with van der Waals surface area (Å²) < 4.78 is 18.1. The Morgan fingerprint density at radius 3 is 2.85 bits per heavy atom. The Labute approximate surface area is 117 Å². The van der Waals surface area contributed by atoms with E-state index in [9.17, 15) is 9.50 Å². The third-order valence-electron chi connectivity index (χ3n) is 2.78. The van der Waals surface area contributed by atoms with Crippen LogP contribution in [0.2, 0.25) is 0 Å². The number of oxime groups is 1. The molecule has 0 saturated carbocycles. The second-order valence-electron chi connectivity index (χ2n) is 4.59. The van der Waals surface area contributed by atoms with Gasteiger partial charge in [0.05, 0.1) is 12.7 Å². The summed E-state index contributed by atoms with van der Waals surface area (Å²) in [6.45, 7) is 1.05. The maximum absolute atomic E-state index is 13.2. The van der Waals surface area contributed by atoms with Gasteiger partial charge in [-0.1, -0.05) is 11.2 Å². The summed E-state index contributed by atoms with van der Waals surface area (Å²) in [6, 6.07) is 4.09. The highest BCUT2D eigenvalue weighted by molar-refractivity contribution is 5.98.